The van der Waals surface area contributed by atoms with Crippen molar-refractivity contribution in [2.24, 2.45) is 12.8 Å². The number of ketones is 1. The zero-order valence-electron chi connectivity index (χ0n) is 7.90. The lowest BCUT2D eigenvalue weighted by Gasteiger charge is -2.01. The van der Waals surface area contributed by atoms with Crippen LogP contribution in [0, 0.1) is 0 Å². The molecule has 1 atom stereocenters. The SMILES string of the molecule is CC(N)CC(=O)Cc1cn(C)nn1. The Morgan fingerprint density at radius 2 is 2.46 bits per heavy atom. The second-order valence-electron chi connectivity index (χ2n) is 3.28. The van der Waals surface area contributed by atoms with Crippen molar-refractivity contribution in [1.29, 1.82) is 0 Å². The van der Waals surface area contributed by atoms with Gasteiger partial charge in [0.05, 0.1) is 12.1 Å². The molecule has 13 heavy (non-hydrogen) atoms. The molecule has 0 aromatic carbocycles. The molecule has 0 fully saturated rings. The van der Waals surface area contributed by atoms with E-state index in [1.807, 2.05) is 6.92 Å². The maximum absolute atomic E-state index is 11.3. The summed E-state index contributed by atoms with van der Waals surface area (Å²) in [5, 5.41) is 7.55. The fourth-order valence-corrected chi connectivity index (χ4v) is 1.11. The van der Waals surface area contributed by atoms with Crippen molar-refractivity contribution < 1.29 is 4.79 Å². The summed E-state index contributed by atoms with van der Waals surface area (Å²) in [4.78, 5) is 11.3. The van der Waals surface area contributed by atoms with Crippen LogP contribution in [0.3, 0.4) is 0 Å². The molecule has 1 aromatic heterocycles. The Hall–Kier alpha value is -1.23. The summed E-state index contributed by atoms with van der Waals surface area (Å²) in [6.45, 7) is 1.81. The molecule has 0 saturated carbocycles. The van der Waals surface area contributed by atoms with Crippen LogP contribution in [0.4, 0.5) is 0 Å². The number of hydrogen-bond donors (Lipinski definition) is 1. The Kier molecular flexibility index (Phi) is 3.13. The van der Waals surface area contributed by atoms with Gasteiger partial charge in [-0.3, -0.25) is 9.48 Å². The fourth-order valence-electron chi connectivity index (χ4n) is 1.11. The molecular weight excluding hydrogens is 168 g/mol. The molecule has 2 N–H and O–H groups in total. The molecule has 0 aliphatic rings. The van der Waals surface area contributed by atoms with Gasteiger partial charge < -0.3 is 5.73 Å². The van der Waals surface area contributed by atoms with Gasteiger partial charge in [-0.2, -0.15) is 0 Å². The van der Waals surface area contributed by atoms with Crippen LogP contribution in [0.15, 0.2) is 6.20 Å². The van der Waals surface area contributed by atoms with E-state index in [1.54, 1.807) is 17.9 Å². The number of carbonyl (C=O) groups is 1. The van der Waals surface area contributed by atoms with Gasteiger partial charge in [0.25, 0.3) is 0 Å². The highest BCUT2D eigenvalue weighted by Gasteiger charge is 2.08. The number of aromatic nitrogens is 3. The third kappa shape index (κ3) is 3.33. The van der Waals surface area contributed by atoms with Crippen LogP contribution in [0.25, 0.3) is 0 Å². The molecule has 0 aliphatic carbocycles. The molecule has 5 heteroatoms. The van der Waals surface area contributed by atoms with Crippen molar-refractivity contribution >= 4 is 5.78 Å². The second kappa shape index (κ2) is 4.13. The molecule has 0 bridgehead atoms. The lowest BCUT2D eigenvalue weighted by molar-refractivity contribution is -0.118. The maximum atomic E-state index is 11.3. The Morgan fingerprint density at radius 1 is 1.77 bits per heavy atom. The number of hydrogen-bond acceptors (Lipinski definition) is 4. The molecule has 0 saturated heterocycles. The third-order valence-electron chi connectivity index (χ3n) is 1.58. The van der Waals surface area contributed by atoms with Gasteiger partial charge in [0, 0.05) is 25.7 Å². The van der Waals surface area contributed by atoms with Crippen LogP contribution in [0.5, 0.6) is 0 Å². The maximum Gasteiger partial charge on any atom is 0.140 e. The quantitative estimate of drug-likeness (QED) is 0.691. The van der Waals surface area contributed by atoms with E-state index in [0.29, 0.717) is 18.5 Å². The van der Waals surface area contributed by atoms with Gasteiger partial charge in [0.15, 0.2) is 0 Å². The van der Waals surface area contributed by atoms with Crippen molar-refractivity contribution in [2.45, 2.75) is 25.8 Å². The van der Waals surface area contributed by atoms with Crippen molar-refractivity contribution in [3.05, 3.63) is 11.9 Å². The molecule has 1 unspecified atom stereocenters. The normalized spacial score (nSPS) is 12.8. The van der Waals surface area contributed by atoms with E-state index in [2.05, 4.69) is 10.3 Å². The predicted molar refractivity (Wildman–Crippen MR) is 48.0 cm³/mol. The van der Waals surface area contributed by atoms with Crippen molar-refractivity contribution in [1.82, 2.24) is 15.0 Å². The summed E-state index contributed by atoms with van der Waals surface area (Å²) in [7, 11) is 1.77. The van der Waals surface area contributed by atoms with Gasteiger partial charge in [-0.25, -0.2) is 0 Å². The van der Waals surface area contributed by atoms with Crippen LogP contribution in [-0.2, 0) is 18.3 Å². The molecule has 72 valence electrons. The zero-order valence-corrected chi connectivity index (χ0v) is 7.90. The van der Waals surface area contributed by atoms with E-state index < -0.39 is 0 Å². The van der Waals surface area contributed by atoms with E-state index in [9.17, 15) is 4.79 Å². The summed E-state index contributed by atoms with van der Waals surface area (Å²) in [6, 6.07) is -0.0795. The lowest BCUT2D eigenvalue weighted by Crippen LogP contribution is -2.20. The van der Waals surface area contributed by atoms with E-state index in [1.165, 1.54) is 0 Å². The van der Waals surface area contributed by atoms with E-state index >= 15 is 0 Å². The van der Waals surface area contributed by atoms with Crippen LogP contribution in [-0.4, -0.2) is 26.8 Å². The summed E-state index contributed by atoms with van der Waals surface area (Å²) in [6.07, 6.45) is 2.46. The molecule has 0 amide bonds. The van der Waals surface area contributed by atoms with E-state index in [4.69, 9.17) is 5.73 Å². The van der Waals surface area contributed by atoms with Crippen molar-refractivity contribution in [3.63, 3.8) is 0 Å². The smallest absolute Gasteiger partial charge is 0.140 e. The first-order valence-electron chi connectivity index (χ1n) is 4.20. The number of aryl methyl sites for hydroxylation is 1. The van der Waals surface area contributed by atoms with Gasteiger partial charge in [-0.05, 0) is 6.92 Å². The second-order valence-corrected chi connectivity index (χ2v) is 3.28. The summed E-state index contributed by atoms with van der Waals surface area (Å²) in [5.41, 5.74) is 6.19. The number of carbonyl (C=O) groups excluding carboxylic acids is 1. The van der Waals surface area contributed by atoms with Gasteiger partial charge >= 0.3 is 0 Å². The minimum absolute atomic E-state index is 0.0795. The average molecular weight is 182 g/mol. The van der Waals surface area contributed by atoms with Crippen LogP contribution >= 0.6 is 0 Å². The van der Waals surface area contributed by atoms with Gasteiger partial charge in [-0.1, -0.05) is 5.21 Å². The summed E-state index contributed by atoms with van der Waals surface area (Å²) < 4.78 is 1.58. The molecule has 0 radical (unpaired) electrons. The third-order valence-corrected chi connectivity index (χ3v) is 1.58. The standard InChI is InChI=1S/C8H14N4O/c1-6(9)3-8(13)4-7-5-12(2)11-10-7/h5-6H,3-4,9H2,1-2H3. The predicted octanol–water partition coefficient (Wildman–Crippen LogP) is -0.336. The first kappa shape index (κ1) is 9.85. The van der Waals surface area contributed by atoms with Crippen molar-refractivity contribution in [3.8, 4) is 0 Å². The minimum Gasteiger partial charge on any atom is -0.328 e. The molecule has 1 rings (SSSR count). The highest BCUT2D eigenvalue weighted by molar-refractivity contribution is 5.80. The zero-order chi connectivity index (χ0) is 9.84. The molecule has 1 aromatic rings. The highest BCUT2D eigenvalue weighted by atomic mass is 16.1. The first-order valence-corrected chi connectivity index (χ1v) is 4.20. The largest absolute Gasteiger partial charge is 0.328 e. The number of nitrogens with zero attached hydrogens (tertiary/aromatic N) is 3. The summed E-state index contributed by atoms with van der Waals surface area (Å²) in [5.74, 6) is 0.107. The topological polar surface area (TPSA) is 73.8 Å². The molecule has 5 nitrogen and oxygen atoms in total. The monoisotopic (exact) mass is 182 g/mol. The van der Waals surface area contributed by atoms with Crippen LogP contribution in [0.2, 0.25) is 0 Å². The molecule has 0 aliphatic heterocycles. The fraction of sp³-hybridized carbons (Fsp3) is 0.625. The number of rotatable bonds is 4. The minimum atomic E-state index is -0.0795. The van der Waals surface area contributed by atoms with Crippen LogP contribution in [0.1, 0.15) is 19.0 Å². The van der Waals surface area contributed by atoms with Gasteiger partial charge in [-0.15, -0.1) is 5.10 Å². The van der Waals surface area contributed by atoms with Crippen LogP contribution < -0.4 is 5.73 Å². The average Bonchev–Trinajstić information content (AvgIpc) is 2.33. The molecule has 1 heterocycles. The van der Waals surface area contributed by atoms with Gasteiger partial charge in [0.2, 0.25) is 0 Å². The number of Topliss-reactive ketones (excluding diaryl/α,β-unsaturated/α-hetero) is 1. The molecule has 0 spiro atoms. The Balaban J connectivity index is 2.45. The highest BCUT2D eigenvalue weighted by Crippen LogP contribution is 1.98. The van der Waals surface area contributed by atoms with E-state index in [0.717, 1.165) is 0 Å². The summed E-state index contributed by atoms with van der Waals surface area (Å²) >= 11 is 0. The first-order chi connectivity index (χ1) is 6.08. The van der Waals surface area contributed by atoms with Gasteiger partial charge in [0.1, 0.15) is 5.78 Å². The number of nitrogens with two attached hydrogens (primary N) is 1. The van der Waals surface area contributed by atoms with Crippen molar-refractivity contribution in [2.75, 3.05) is 0 Å². The lowest BCUT2D eigenvalue weighted by atomic mass is 10.1. The van der Waals surface area contributed by atoms with E-state index in [-0.39, 0.29) is 11.8 Å². The molecular formula is C8H14N4O. The Morgan fingerprint density at radius 3 is 2.92 bits per heavy atom. The Bertz CT molecular complexity index is 292. The Labute approximate surface area is 76.9 Å².